The van der Waals surface area contributed by atoms with E-state index >= 15 is 0 Å². The van der Waals surface area contributed by atoms with E-state index in [4.69, 9.17) is 17.0 Å². The summed E-state index contributed by atoms with van der Waals surface area (Å²) >= 11 is 6.65. The van der Waals surface area contributed by atoms with Crippen LogP contribution in [0.4, 0.5) is 0 Å². The average molecular weight is 355 g/mol. The van der Waals surface area contributed by atoms with Crippen molar-refractivity contribution in [2.75, 3.05) is 6.54 Å². The predicted octanol–water partition coefficient (Wildman–Crippen LogP) is 5.09. The van der Waals surface area contributed by atoms with Crippen molar-refractivity contribution >= 4 is 40.3 Å². The zero-order chi connectivity index (χ0) is 16.9. The fourth-order valence-electron chi connectivity index (χ4n) is 2.36. The fraction of sp³-hybridized carbons (Fsp3) is 0.158. The summed E-state index contributed by atoms with van der Waals surface area (Å²) in [6.45, 7) is 2.70. The van der Waals surface area contributed by atoms with Gasteiger partial charge in [0.1, 0.15) is 15.8 Å². The van der Waals surface area contributed by atoms with Gasteiger partial charge in [-0.15, -0.1) is 0 Å². The fourth-order valence-corrected chi connectivity index (χ4v) is 3.67. The number of ether oxygens (including phenoxy) is 1. The van der Waals surface area contributed by atoms with Gasteiger partial charge in [-0.2, -0.15) is 0 Å². The average Bonchev–Trinajstić information content (AvgIpc) is 2.84. The first kappa shape index (κ1) is 16.7. The minimum atomic E-state index is -0.0127. The molecule has 0 saturated carbocycles. The SMILES string of the molecule is CCCN1C(=O)/C(=C/c2cccc(Oc3ccccc3)c2)SC1=S. The maximum absolute atomic E-state index is 12.4. The van der Waals surface area contributed by atoms with Gasteiger partial charge in [0.05, 0.1) is 4.91 Å². The molecule has 1 heterocycles. The number of thioether (sulfide) groups is 1. The maximum atomic E-state index is 12.4. The normalized spacial score (nSPS) is 16.0. The minimum Gasteiger partial charge on any atom is -0.457 e. The van der Waals surface area contributed by atoms with Crippen LogP contribution in [0.3, 0.4) is 0 Å². The molecule has 2 aromatic rings. The Bertz CT molecular complexity index is 787. The van der Waals surface area contributed by atoms with Crippen molar-refractivity contribution in [2.45, 2.75) is 13.3 Å². The quantitative estimate of drug-likeness (QED) is 0.552. The maximum Gasteiger partial charge on any atom is 0.266 e. The smallest absolute Gasteiger partial charge is 0.266 e. The summed E-state index contributed by atoms with van der Waals surface area (Å²) in [5, 5.41) is 0. The van der Waals surface area contributed by atoms with E-state index < -0.39 is 0 Å². The van der Waals surface area contributed by atoms with Gasteiger partial charge in [-0.3, -0.25) is 9.69 Å². The Balaban J connectivity index is 1.80. The van der Waals surface area contributed by atoms with Crippen LogP contribution in [-0.4, -0.2) is 21.7 Å². The van der Waals surface area contributed by atoms with Gasteiger partial charge in [-0.1, -0.05) is 61.2 Å². The molecule has 0 bridgehead atoms. The number of thiocarbonyl (C=S) groups is 1. The molecular weight excluding hydrogens is 338 g/mol. The van der Waals surface area contributed by atoms with Crippen LogP contribution in [0, 0.1) is 0 Å². The highest BCUT2D eigenvalue weighted by atomic mass is 32.2. The van der Waals surface area contributed by atoms with Crippen molar-refractivity contribution < 1.29 is 9.53 Å². The molecule has 0 unspecified atom stereocenters. The van der Waals surface area contributed by atoms with Crippen molar-refractivity contribution in [3.63, 3.8) is 0 Å². The molecule has 0 radical (unpaired) electrons. The third-order valence-electron chi connectivity index (χ3n) is 3.46. The lowest BCUT2D eigenvalue weighted by Gasteiger charge is -2.11. The van der Waals surface area contributed by atoms with Crippen LogP contribution in [0.25, 0.3) is 6.08 Å². The molecule has 0 atom stereocenters. The van der Waals surface area contributed by atoms with Gasteiger partial charge in [0.25, 0.3) is 5.91 Å². The van der Waals surface area contributed by atoms with Crippen LogP contribution in [0.1, 0.15) is 18.9 Å². The molecule has 0 aliphatic carbocycles. The van der Waals surface area contributed by atoms with E-state index in [0.717, 1.165) is 23.5 Å². The Labute approximate surface area is 151 Å². The third-order valence-corrected chi connectivity index (χ3v) is 4.83. The van der Waals surface area contributed by atoms with Crippen LogP contribution in [0.2, 0.25) is 0 Å². The summed E-state index contributed by atoms with van der Waals surface area (Å²) in [6.07, 6.45) is 2.76. The van der Waals surface area contributed by atoms with Crippen molar-refractivity contribution in [1.29, 1.82) is 0 Å². The van der Waals surface area contributed by atoms with Crippen LogP contribution in [0.5, 0.6) is 11.5 Å². The Morgan fingerprint density at radius 2 is 1.88 bits per heavy atom. The minimum absolute atomic E-state index is 0.0127. The van der Waals surface area contributed by atoms with Crippen LogP contribution >= 0.6 is 24.0 Å². The number of carbonyl (C=O) groups excluding carboxylic acids is 1. The summed E-state index contributed by atoms with van der Waals surface area (Å²) in [7, 11) is 0. The molecular formula is C19H17NO2S2. The topological polar surface area (TPSA) is 29.5 Å². The molecule has 122 valence electrons. The summed E-state index contributed by atoms with van der Waals surface area (Å²) in [5.74, 6) is 1.50. The standard InChI is InChI=1S/C19H17NO2S2/c1-2-11-20-18(21)17(24-19(20)23)13-14-7-6-10-16(12-14)22-15-8-4-3-5-9-15/h3-10,12-13H,2,11H2,1H3/b17-13-. The van der Waals surface area contributed by atoms with Crippen molar-refractivity contribution in [3.8, 4) is 11.5 Å². The highest BCUT2D eigenvalue weighted by Crippen LogP contribution is 2.33. The number of carbonyl (C=O) groups is 1. The second kappa shape index (κ2) is 7.64. The Hall–Kier alpha value is -2.11. The second-order valence-corrected chi connectivity index (χ2v) is 7.00. The molecule has 3 rings (SSSR count). The molecule has 1 fully saturated rings. The van der Waals surface area contributed by atoms with E-state index in [1.54, 1.807) is 4.90 Å². The van der Waals surface area contributed by atoms with E-state index in [-0.39, 0.29) is 5.91 Å². The molecule has 1 amide bonds. The lowest BCUT2D eigenvalue weighted by atomic mass is 10.2. The van der Waals surface area contributed by atoms with Gasteiger partial charge in [-0.25, -0.2) is 0 Å². The number of amides is 1. The van der Waals surface area contributed by atoms with Gasteiger partial charge in [0, 0.05) is 6.54 Å². The number of hydrogen-bond donors (Lipinski definition) is 0. The lowest BCUT2D eigenvalue weighted by Crippen LogP contribution is -2.28. The molecule has 0 aromatic heterocycles. The van der Waals surface area contributed by atoms with Crippen molar-refractivity contribution in [2.24, 2.45) is 0 Å². The Morgan fingerprint density at radius 3 is 2.62 bits per heavy atom. The molecule has 0 spiro atoms. The summed E-state index contributed by atoms with van der Waals surface area (Å²) in [6, 6.07) is 17.3. The summed E-state index contributed by atoms with van der Waals surface area (Å²) in [4.78, 5) is 14.7. The molecule has 2 aromatic carbocycles. The van der Waals surface area contributed by atoms with E-state index in [9.17, 15) is 4.79 Å². The van der Waals surface area contributed by atoms with Gasteiger partial charge in [0.2, 0.25) is 0 Å². The Morgan fingerprint density at radius 1 is 1.12 bits per heavy atom. The van der Waals surface area contributed by atoms with Gasteiger partial charge < -0.3 is 4.74 Å². The highest BCUT2D eigenvalue weighted by Gasteiger charge is 2.31. The number of nitrogens with zero attached hydrogens (tertiary/aromatic N) is 1. The second-order valence-electron chi connectivity index (χ2n) is 5.32. The zero-order valence-electron chi connectivity index (χ0n) is 13.3. The van der Waals surface area contributed by atoms with Crippen molar-refractivity contribution in [3.05, 3.63) is 65.1 Å². The van der Waals surface area contributed by atoms with E-state index in [0.29, 0.717) is 15.8 Å². The first-order valence-electron chi connectivity index (χ1n) is 7.75. The molecule has 1 aliphatic rings. The van der Waals surface area contributed by atoms with E-state index in [1.165, 1.54) is 11.8 Å². The number of hydrogen-bond acceptors (Lipinski definition) is 4. The molecule has 0 N–H and O–H groups in total. The first-order valence-corrected chi connectivity index (χ1v) is 8.98. The molecule has 1 saturated heterocycles. The molecule has 24 heavy (non-hydrogen) atoms. The molecule has 1 aliphatic heterocycles. The van der Waals surface area contributed by atoms with Gasteiger partial charge in [0.15, 0.2) is 0 Å². The van der Waals surface area contributed by atoms with E-state index in [2.05, 4.69) is 0 Å². The van der Waals surface area contributed by atoms with Gasteiger partial charge in [-0.05, 0) is 42.3 Å². The largest absolute Gasteiger partial charge is 0.457 e. The molecule has 3 nitrogen and oxygen atoms in total. The van der Waals surface area contributed by atoms with Crippen LogP contribution in [0.15, 0.2) is 59.5 Å². The number of benzene rings is 2. The summed E-state index contributed by atoms with van der Waals surface area (Å²) < 4.78 is 6.46. The first-order chi connectivity index (χ1) is 11.7. The predicted molar refractivity (Wildman–Crippen MR) is 103 cm³/mol. The van der Waals surface area contributed by atoms with Crippen LogP contribution in [-0.2, 0) is 4.79 Å². The van der Waals surface area contributed by atoms with E-state index in [1.807, 2.05) is 67.6 Å². The highest BCUT2D eigenvalue weighted by molar-refractivity contribution is 8.26. The van der Waals surface area contributed by atoms with Gasteiger partial charge >= 0.3 is 0 Å². The monoisotopic (exact) mass is 355 g/mol. The number of rotatable bonds is 5. The molecule has 5 heteroatoms. The van der Waals surface area contributed by atoms with Crippen molar-refractivity contribution in [1.82, 2.24) is 4.90 Å². The Kier molecular flexibility index (Phi) is 5.33. The van der Waals surface area contributed by atoms with Crippen LogP contribution < -0.4 is 4.74 Å². The third kappa shape index (κ3) is 3.86. The zero-order valence-corrected chi connectivity index (χ0v) is 14.9. The summed E-state index contributed by atoms with van der Waals surface area (Å²) in [5.41, 5.74) is 0.917. The number of para-hydroxylation sites is 1. The lowest BCUT2D eigenvalue weighted by molar-refractivity contribution is -0.122.